The van der Waals surface area contributed by atoms with Gasteiger partial charge in [0.15, 0.2) is 15.3 Å². The molecule has 33 heavy (non-hydrogen) atoms. The van der Waals surface area contributed by atoms with Crippen molar-refractivity contribution in [2.24, 2.45) is 5.41 Å². The van der Waals surface area contributed by atoms with Crippen molar-refractivity contribution in [1.82, 2.24) is 0 Å². The van der Waals surface area contributed by atoms with Crippen LogP contribution in [0.4, 0.5) is 0 Å². The molecule has 0 aliphatic heterocycles. The van der Waals surface area contributed by atoms with E-state index in [-0.39, 0.29) is 54.4 Å². The first-order valence-electron chi connectivity index (χ1n) is 10.4. The van der Waals surface area contributed by atoms with E-state index in [1.165, 1.54) is 20.8 Å². The Morgan fingerprint density at radius 2 is 0.848 bits per heavy atom. The summed E-state index contributed by atoms with van der Waals surface area (Å²) in [7, 11) is 0. The van der Waals surface area contributed by atoms with Gasteiger partial charge >= 0.3 is 17.9 Å². The van der Waals surface area contributed by atoms with E-state index in [4.69, 9.17) is 14.2 Å². The highest BCUT2D eigenvalue weighted by Crippen LogP contribution is 2.25. The van der Waals surface area contributed by atoms with Crippen LogP contribution in [-0.4, -0.2) is 70.3 Å². The van der Waals surface area contributed by atoms with Crippen LogP contribution < -0.4 is 0 Å². The number of rotatable bonds is 16. The average Bonchev–Trinajstić information content (AvgIpc) is 2.72. The highest BCUT2D eigenvalue weighted by molar-refractivity contribution is 8.14. The summed E-state index contributed by atoms with van der Waals surface area (Å²) in [4.78, 5) is 69.1. The fourth-order valence-electron chi connectivity index (χ4n) is 2.18. The topological polar surface area (TPSA) is 130 Å². The maximum absolute atomic E-state index is 12.0. The lowest BCUT2D eigenvalue weighted by Gasteiger charge is -2.31. The monoisotopic (exact) mass is 524 g/mol. The van der Waals surface area contributed by atoms with E-state index in [2.05, 4.69) is 0 Å². The molecule has 0 saturated carbocycles. The Morgan fingerprint density at radius 3 is 1.06 bits per heavy atom. The van der Waals surface area contributed by atoms with Gasteiger partial charge in [0.1, 0.15) is 19.8 Å². The molecule has 0 aromatic heterocycles. The van der Waals surface area contributed by atoms with Gasteiger partial charge in [-0.15, -0.1) is 0 Å². The van der Waals surface area contributed by atoms with E-state index in [0.717, 1.165) is 35.3 Å². The Balaban J connectivity index is 4.93. The molecule has 9 nitrogen and oxygen atoms in total. The van der Waals surface area contributed by atoms with Crippen LogP contribution in [0.5, 0.6) is 0 Å². The van der Waals surface area contributed by atoms with E-state index in [0.29, 0.717) is 23.7 Å². The van der Waals surface area contributed by atoms with Gasteiger partial charge in [-0.25, -0.2) is 0 Å². The van der Waals surface area contributed by atoms with Crippen molar-refractivity contribution in [3.8, 4) is 0 Å². The molecule has 0 amide bonds. The third kappa shape index (κ3) is 17.6. The van der Waals surface area contributed by atoms with Crippen molar-refractivity contribution in [2.75, 3.05) is 37.1 Å². The zero-order valence-electron chi connectivity index (χ0n) is 19.5. The summed E-state index contributed by atoms with van der Waals surface area (Å²) in [5.41, 5.74) is -0.948. The Morgan fingerprint density at radius 1 is 0.576 bits per heavy atom. The van der Waals surface area contributed by atoms with Gasteiger partial charge in [-0.3, -0.25) is 28.8 Å². The van der Waals surface area contributed by atoms with Gasteiger partial charge in [0.2, 0.25) is 0 Å². The van der Waals surface area contributed by atoms with E-state index in [9.17, 15) is 28.8 Å². The first-order chi connectivity index (χ1) is 15.5. The second kappa shape index (κ2) is 17.9. The smallest absolute Gasteiger partial charge is 0.306 e. The van der Waals surface area contributed by atoms with Gasteiger partial charge in [0.05, 0.1) is 24.7 Å². The van der Waals surface area contributed by atoms with Gasteiger partial charge in [-0.1, -0.05) is 42.2 Å². The second-order valence-corrected chi connectivity index (χ2v) is 10.9. The molecule has 0 heterocycles. The molecule has 0 aromatic carbocycles. The van der Waals surface area contributed by atoms with Gasteiger partial charge in [-0.2, -0.15) is 0 Å². The Labute approximate surface area is 207 Å². The average molecular weight is 525 g/mol. The number of hydrogen-bond acceptors (Lipinski definition) is 12. The molecule has 0 aliphatic rings. The van der Waals surface area contributed by atoms with E-state index in [1.807, 2.05) is 0 Å². The van der Waals surface area contributed by atoms with E-state index in [1.54, 1.807) is 6.92 Å². The van der Waals surface area contributed by atoms with Crippen LogP contribution in [0.1, 0.15) is 53.4 Å². The highest BCUT2D eigenvalue weighted by atomic mass is 32.2. The van der Waals surface area contributed by atoms with E-state index < -0.39 is 23.3 Å². The summed E-state index contributed by atoms with van der Waals surface area (Å²) >= 11 is 3.05. The van der Waals surface area contributed by atoms with Crippen LogP contribution in [0.2, 0.25) is 0 Å². The Hall–Kier alpha value is -1.53. The van der Waals surface area contributed by atoms with Crippen molar-refractivity contribution in [1.29, 1.82) is 0 Å². The van der Waals surface area contributed by atoms with Crippen molar-refractivity contribution in [3.63, 3.8) is 0 Å². The standard InChI is InChI=1S/C21H32O9S3/c1-5-21(12-28-18(25)6-9-31-15(2)22,13-29-19(26)7-10-32-16(3)23)14-30-20(27)8-11-33-17(4)24/h5-14H2,1-4H3. The summed E-state index contributed by atoms with van der Waals surface area (Å²) in [6, 6.07) is 0. The lowest BCUT2D eigenvalue weighted by atomic mass is 9.88. The van der Waals surface area contributed by atoms with Crippen LogP contribution in [-0.2, 0) is 43.0 Å². The zero-order chi connectivity index (χ0) is 25.3. The van der Waals surface area contributed by atoms with Crippen LogP contribution >= 0.6 is 35.3 Å². The fraction of sp³-hybridized carbons (Fsp3) is 0.714. The molecule has 0 N–H and O–H groups in total. The zero-order valence-corrected chi connectivity index (χ0v) is 21.9. The summed E-state index contributed by atoms with van der Waals surface area (Å²) in [5.74, 6) is -0.684. The maximum atomic E-state index is 12.0. The molecule has 0 spiro atoms. The number of thioether (sulfide) groups is 3. The summed E-state index contributed by atoms with van der Waals surface area (Å²) in [5, 5.41) is -0.304. The van der Waals surface area contributed by atoms with Crippen molar-refractivity contribution < 1.29 is 43.0 Å². The summed E-state index contributed by atoms with van der Waals surface area (Å²) < 4.78 is 16.0. The molecule has 12 heteroatoms. The highest BCUT2D eigenvalue weighted by Gasteiger charge is 2.34. The minimum atomic E-state index is -0.948. The number of hydrogen-bond donors (Lipinski definition) is 0. The molecule has 0 rings (SSSR count). The minimum Gasteiger partial charge on any atom is -0.465 e. The fourth-order valence-corrected chi connectivity index (χ4v) is 3.85. The van der Waals surface area contributed by atoms with Crippen molar-refractivity contribution in [2.45, 2.75) is 53.4 Å². The SMILES string of the molecule is CCC(COC(=O)CCSC(C)=O)(COC(=O)CCSC(C)=O)COC(=O)CCSC(C)=O. The molecular weight excluding hydrogens is 492 g/mol. The third-order valence-corrected chi connectivity index (χ3v) is 6.65. The summed E-state index contributed by atoms with van der Waals surface area (Å²) in [6.07, 6.45) is 0.490. The largest absolute Gasteiger partial charge is 0.465 e. The first kappa shape index (κ1) is 31.5. The molecule has 0 bridgehead atoms. The molecule has 0 aromatic rings. The molecule has 0 unspecified atom stereocenters. The molecule has 0 saturated heterocycles. The third-order valence-electron chi connectivity index (χ3n) is 4.20. The lowest BCUT2D eigenvalue weighted by molar-refractivity contribution is -0.161. The van der Waals surface area contributed by atoms with Gasteiger partial charge < -0.3 is 14.2 Å². The van der Waals surface area contributed by atoms with Crippen LogP contribution in [0, 0.1) is 5.41 Å². The molecule has 0 fully saturated rings. The van der Waals surface area contributed by atoms with Crippen molar-refractivity contribution >= 4 is 68.5 Å². The second-order valence-electron chi connectivity index (χ2n) is 7.11. The van der Waals surface area contributed by atoms with Crippen LogP contribution in [0.25, 0.3) is 0 Å². The van der Waals surface area contributed by atoms with E-state index >= 15 is 0 Å². The normalized spacial score (nSPS) is 10.9. The quantitative estimate of drug-likeness (QED) is 0.217. The predicted molar refractivity (Wildman–Crippen MR) is 129 cm³/mol. The van der Waals surface area contributed by atoms with Crippen molar-refractivity contribution in [3.05, 3.63) is 0 Å². The number of esters is 3. The Kier molecular flexibility index (Phi) is 17.1. The Bertz CT molecular complexity index is 606. The predicted octanol–water partition coefficient (Wildman–Crippen LogP) is 3.02. The lowest BCUT2D eigenvalue weighted by Crippen LogP contribution is -2.39. The molecule has 0 aliphatic carbocycles. The molecule has 0 radical (unpaired) electrons. The van der Waals surface area contributed by atoms with Gasteiger partial charge in [0, 0.05) is 38.0 Å². The molecule has 0 atom stereocenters. The van der Waals surface area contributed by atoms with Gasteiger partial charge in [-0.05, 0) is 6.42 Å². The first-order valence-corrected chi connectivity index (χ1v) is 13.3. The maximum Gasteiger partial charge on any atom is 0.306 e. The number of ether oxygens (including phenoxy) is 3. The number of carbonyl (C=O) groups is 6. The van der Waals surface area contributed by atoms with Gasteiger partial charge in [0.25, 0.3) is 0 Å². The molecule has 188 valence electrons. The molecular formula is C21H32O9S3. The van der Waals surface area contributed by atoms with Crippen LogP contribution in [0.3, 0.4) is 0 Å². The minimum absolute atomic E-state index is 0.0359. The number of carbonyl (C=O) groups excluding carboxylic acids is 6. The van der Waals surface area contributed by atoms with Crippen LogP contribution in [0.15, 0.2) is 0 Å². The summed E-state index contributed by atoms with van der Waals surface area (Å²) in [6.45, 7) is 5.59.